The molecule has 5 heteroatoms. The van der Waals surface area contributed by atoms with Crippen LogP contribution in [-0.4, -0.2) is 23.3 Å². The number of aromatic carboxylic acids is 1. The van der Waals surface area contributed by atoms with Gasteiger partial charge in [0.1, 0.15) is 11.9 Å². The number of rotatable bonds is 4. The minimum absolute atomic E-state index is 0.0859. The molecule has 0 aliphatic carbocycles. The molecule has 0 aliphatic heterocycles. The molecule has 0 saturated carbocycles. The summed E-state index contributed by atoms with van der Waals surface area (Å²) in [5.41, 5.74) is 1.02. The van der Waals surface area contributed by atoms with E-state index in [4.69, 9.17) is 4.74 Å². The molecule has 0 fully saturated rings. The summed E-state index contributed by atoms with van der Waals surface area (Å²) in [5.74, 6) is -0.413. The van der Waals surface area contributed by atoms with Crippen LogP contribution in [0.5, 0.6) is 5.75 Å². The summed E-state index contributed by atoms with van der Waals surface area (Å²) < 4.78 is 5.75. The molecule has 2 N–H and O–H groups in total. The van der Waals surface area contributed by atoms with Gasteiger partial charge in [-0.3, -0.25) is 0 Å². The van der Waals surface area contributed by atoms with Crippen molar-refractivity contribution >= 4 is 21.9 Å². The number of carbonyl (C=O) groups is 1. The zero-order chi connectivity index (χ0) is 14.7. The molecule has 20 heavy (non-hydrogen) atoms. The Morgan fingerprint density at radius 1 is 1.20 bits per heavy atom. The highest BCUT2D eigenvalue weighted by Crippen LogP contribution is 2.32. The van der Waals surface area contributed by atoms with Crippen molar-refractivity contribution in [2.75, 3.05) is 7.11 Å². The summed E-state index contributed by atoms with van der Waals surface area (Å²) in [6.07, 6.45) is -1.03. The van der Waals surface area contributed by atoms with Gasteiger partial charge in [-0.25, -0.2) is 4.79 Å². The Hall–Kier alpha value is -1.85. The van der Waals surface area contributed by atoms with E-state index in [0.717, 1.165) is 0 Å². The van der Waals surface area contributed by atoms with Gasteiger partial charge < -0.3 is 14.9 Å². The lowest BCUT2D eigenvalue weighted by Gasteiger charge is -2.16. The molecule has 0 saturated heterocycles. The van der Waals surface area contributed by atoms with Gasteiger partial charge in [-0.1, -0.05) is 40.2 Å². The summed E-state index contributed by atoms with van der Waals surface area (Å²) in [4.78, 5) is 11.2. The van der Waals surface area contributed by atoms with Crippen LogP contribution in [0.25, 0.3) is 0 Å². The second kappa shape index (κ2) is 6.07. The molecule has 2 aromatic carbocycles. The quantitative estimate of drug-likeness (QED) is 0.899. The Labute approximate surface area is 124 Å². The Bertz CT molecular complexity index is 640. The van der Waals surface area contributed by atoms with Crippen LogP contribution in [0.1, 0.15) is 27.6 Å². The van der Waals surface area contributed by atoms with E-state index in [-0.39, 0.29) is 5.56 Å². The van der Waals surface area contributed by atoms with E-state index >= 15 is 0 Å². The maximum Gasteiger partial charge on any atom is 0.336 e. The molecule has 0 radical (unpaired) electrons. The number of halogens is 1. The monoisotopic (exact) mass is 336 g/mol. The number of ether oxygens (including phenoxy) is 1. The zero-order valence-corrected chi connectivity index (χ0v) is 12.3. The van der Waals surface area contributed by atoms with Gasteiger partial charge in [-0.2, -0.15) is 0 Å². The van der Waals surface area contributed by atoms with Gasteiger partial charge in [0.15, 0.2) is 0 Å². The Morgan fingerprint density at radius 3 is 2.50 bits per heavy atom. The van der Waals surface area contributed by atoms with Gasteiger partial charge in [0.25, 0.3) is 0 Å². The molecule has 0 heterocycles. The van der Waals surface area contributed by atoms with E-state index in [9.17, 15) is 15.0 Å². The predicted octanol–water partition coefficient (Wildman–Crippen LogP) is 3.24. The zero-order valence-electron chi connectivity index (χ0n) is 10.7. The van der Waals surface area contributed by atoms with Crippen LogP contribution in [0.3, 0.4) is 0 Å². The smallest absolute Gasteiger partial charge is 0.336 e. The highest BCUT2D eigenvalue weighted by molar-refractivity contribution is 9.10. The van der Waals surface area contributed by atoms with Gasteiger partial charge >= 0.3 is 5.97 Å². The van der Waals surface area contributed by atoms with Gasteiger partial charge in [-0.05, 0) is 29.3 Å². The van der Waals surface area contributed by atoms with Crippen molar-refractivity contribution in [1.29, 1.82) is 0 Å². The standard InChI is InChI=1S/C15H13BrO4/c1-20-9-6-7-12(13(16)8-9)14(17)10-4-2-3-5-11(10)15(18)19/h2-8,14,17H,1H3,(H,18,19). The molecular formula is C15H13BrO4. The molecule has 0 aliphatic rings. The average molecular weight is 337 g/mol. The third kappa shape index (κ3) is 2.84. The van der Waals surface area contributed by atoms with Gasteiger partial charge in [0, 0.05) is 4.47 Å². The number of benzene rings is 2. The highest BCUT2D eigenvalue weighted by atomic mass is 79.9. The normalized spacial score (nSPS) is 11.9. The van der Waals surface area contributed by atoms with Crippen LogP contribution < -0.4 is 4.74 Å². The van der Waals surface area contributed by atoms with Crippen LogP contribution in [0, 0.1) is 0 Å². The van der Waals surface area contributed by atoms with Crippen LogP contribution >= 0.6 is 15.9 Å². The van der Waals surface area contributed by atoms with Gasteiger partial charge in [0.2, 0.25) is 0 Å². The molecule has 2 rings (SSSR count). The number of methoxy groups -OCH3 is 1. The first kappa shape index (κ1) is 14.6. The largest absolute Gasteiger partial charge is 0.497 e. The Balaban J connectivity index is 2.46. The fraction of sp³-hybridized carbons (Fsp3) is 0.133. The van der Waals surface area contributed by atoms with Crippen LogP contribution in [0.2, 0.25) is 0 Å². The molecule has 4 nitrogen and oxygen atoms in total. The molecule has 0 bridgehead atoms. The van der Waals surface area contributed by atoms with Crippen molar-refractivity contribution in [2.45, 2.75) is 6.10 Å². The maximum absolute atomic E-state index is 11.2. The van der Waals surface area contributed by atoms with E-state index in [1.165, 1.54) is 6.07 Å². The summed E-state index contributed by atoms with van der Waals surface area (Å²) in [6, 6.07) is 11.5. The lowest BCUT2D eigenvalue weighted by atomic mass is 9.97. The summed E-state index contributed by atoms with van der Waals surface area (Å²) in [5, 5.41) is 19.6. The number of aliphatic hydroxyl groups excluding tert-OH is 1. The van der Waals surface area contributed by atoms with Crippen molar-refractivity contribution in [3.63, 3.8) is 0 Å². The SMILES string of the molecule is COc1ccc(C(O)c2ccccc2C(=O)O)c(Br)c1. The van der Waals surface area contributed by atoms with E-state index < -0.39 is 12.1 Å². The van der Waals surface area contributed by atoms with Gasteiger partial charge in [-0.15, -0.1) is 0 Å². The van der Waals surface area contributed by atoms with Crippen LogP contribution in [0.4, 0.5) is 0 Å². The number of carboxylic acids is 1. The summed E-state index contributed by atoms with van der Waals surface area (Å²) in [7, 11) is 1.55. The van der Waals surface area contributed by atoms with Crippen LogP contribution in [0.15, 0.2) is 46.9 Å². The Kier molecular flexibility index (Phi) is 4.42. The number of hydrogen-bond acceptors (Lipinski definition) is 3. The minimum Gasteiger partial charge on any atom is -0.497 e. The maximum atomic E-state index is 11.2. The first-order valence-corrected chi connectivity index (χ1v) is 6.67. The summed E-state index contributed by atoms with van der Waals surface area (Å²) in [6.45, 7) is 0. The van der Waals surface area contributed by atoms with Crippen molar-refractivity contribution < 1.29 is 19.7 Å². The molecule has 1 unspecified atom stereocenters. The Morgan fingerprint density at radius 2 is 1.90 bits per heavy atom. The highest BCUT2D eigenvalue weighted by Gasteiger charge is 2.20. The summed E-state index contributed by atoms with van der Waals surface area (Å²) >= 11 is 3.36. The molecular weight excluding hydrogens is 324 g/mol. The molecule has 0 spiro atoms. The van der Waals surface area contributed by atoms with Crippen LogP contribution in [-0.2, 0) is 0 Å². The fourth-order valence-electron chi connectivity index (χ4n) is 1.95. The topological polar surface area (TPSA) is 66.8 Å². The fourth-order valence-corrected chi connectivity index (χ4v) is 2.53. The van der Waals surface area contributed by atoms with Crippen molar-refractivity contribution in [3.8, 4) is 5.75 Å². The van der Waals surface area contributed by atoms with E-state index in [1.807, 2.05) is 0 Å². The lowest BCUT2D eigenvalue weighted by Crippen LogP contribution is -2.08. The van der Waals surface area contributed by atoms with E-state index in [2.05, 4.69) is 15.9 Å². The van der Waals surface area contributed by atoms with Crippen molar-refractivity contribution in [1.82, 2.24) is 0 Å². The molecule has 0 aromatic heterocycles. The molecule has 0 amide bonds. The molecule has 2 aromatic rings. The average Bonchev–Trinajstić information content (AvgIpc) is 2.46. The van der Waals surface area contributed by atoms with E-state index in [0.29, 0.717) is 21.3 Å². The first-order chi connectivity index (χ1) is 9.54. The lowest BCUT2D eigenvalue weighted by molar-refractivity contribution is 0.0691. The molecule has 104 valence electrons. The minimum atomic E-state index is -1.07. The predicted molar refractivity (Wildman–Crippen MR) is 78.2 cm³/mol. The second-order valence-electron chi connectivity index (χ2n) is 4.18. The molecule has 1 atom stereocenters. The third-order valence-electron chi connectivity index (χ3n) is 2.99. The first-order valence-electron chi connectivity index (χ1n) is 5.88. The third-order valence-corrected chi connectivity index (χ3v) is 3.67. The number of carboxylic acid groups (broad SMARTS) is 1. The van der Waals surface area contributed by atoms with E-state index in [1.54, 1.807) is 43.5 Å². The second-order valence-corrected chi connectivity index (χ2v) is 5.04. The van der Waals surface area contributed by atoms with Crippen molar-refractivity contribution in [3.05, 3.63) is 63.6 Å². The number of aliphatic hydroxyl groups is 1. The van der Waals surface area contributed by atoms with Gasteiger partial charge in [0.05, 0.1) is 12.7 Å². The van der Waals surface area contributed by atoms with Crippen molar-refractivity contribution in [2.24, 2.45) is 0 Å². The number of hydrogen-bond donors (Lipinski definition) is 2.